The quantitative estimate of drug-likeness (QED) is 0.641. The second kappa shape index (κ2) is 7.71. The van der Waals surface area contributed by atoms with Crippen LogP contribution in [0, 0.1) is 0 Å². The van der Waals surface area contributed by atoms with Gasteiger partial charge in [0.05, 0.1) is 12.8 Å². The van der Waals surface area contributed by atoms with Crippen LogP contribution in [0.25, 0.3) is 17.0 Å². The number of aromatic nitrogens is 2. The molecule has 4 rings (SSSR count). The first-order valence-corrected chi connectivity index (χ1v) is 10.8. The predicted octanol–water partition coefficient (Wildman–Crippen LogP) is 4.01. The maximum Gasteiger partial charge on any atom is 0.151 e. The third-order valence-electron chi connectivity index (χ3n) is 6.21. The molecule has 3 N–H and O–H groups in total. The molecule has 0 saturated carbocycles. The van der Waals surface area contributed by atoms with E-state index in [1.54, 1.807) is 13.2 Å². The normalized spacial score (nSPS) is 19.7. The van der Waals surface area contributed by atoms with Gasteiger partial charge in [-0.15, -0.1) is 10.2 Å². The van der Waals surface area contributed by atoms with Crippen LogP contribution in [0.3, 0.4) is 0 Å². The lowest BCUT2D eigenvalue weighted by Crippen LogP contribution is -2.62. The fourth-order valence-electron chi connectivity index (χ4n) is 5.09. The smallest absolute Gasteiger partial charge is 0.151 e. The Balaban J connectivity index is 1.58. The Morgan fingerprint density at radius 1 is 1.06 bits per heavy atom. The maximum atomic E-state index is 10.6. The van der Waals surface area contributed by atoms with Gasteiger partial charge in [-0.25, -0.2) is 0 Å². The monoisotopic (exact) mass is 423 g/mol. The molecule has 0 spiro atoms. The number of phenolic OH excluding ortho intramolecular Hbond substituents is 1. The van der Waals surface area contributed by atoms with Gasteiger partial charge in [-0.3, -0.25) is 0 Å². The van der Waals surface area contributed by atoms with E-state index >= 15 is 0 Å². The number of benzene rings is 1. The molecule has 2 aliphatic rings. The van der Waals surface area contributed by atoms with Gasteiger partial charge in [0.2, 0.25) is 0 Å². The Labute approximate surface area is 184 Å². The summed E-state index contributed by atoms with van der Waals surface area (Å²) in [6, 6.07) is 7.90. The van der Waals surface area contributed by atoms with Gasteiger partial charge in [0.15, 0.2) is 5.82 Å². The van der Waals surface area contributed by atoms with Crippen LogP contribution in [0.5, 0.6) is 5.75 Å². The molecule has 0 aliphatic carbocycles. The molecule has 1 aromatic heterocycles. The summed E-state index contributed by atoms with van der Waals surface area (Å²) in [6.45, 7) is 9.68. The van der Waals surface area contributed by atoms with Gasteiger partial charge in [0.1, 0.15) is 11.5 Å². The van der Waals surface area contributed by atoms with Gasteiger partial charge in [-0.1, -0.05) is 0 Å². The van der Waals surface area contributed by atoms with Gasteiger partial charge in [-0.05, 0) is 70.9 Å². The molecule has 0 unspecified atom stereocenters. The summed E-state index contributed by atoms with van der Waals surface area (Å²) in [5.74, 6) is 1.75. The van der Waals surface area contributed by atoms with Crippen molar-refractivity contribution in [3.63, 3.8) is 0 Å². The van der Waals surface area contributed by atoms with E-state index in [2.05, 4.69) is 60.5 Å². The molecule has 0 amide bonds. The highest BCUT2D eigenvalue weighted by atomic mass is 16.5. The number of nitrogens with one attached hydrogen (secondary N) is 2. The molecular formula is C24H33N5O2. The number of hydrogen-bond donors (Lipinski definition) is 3. The molecule has 3 heterocycles. The Hall–Kier alpha value is -2.80. The lowest BCUT2D eigenvalue weighted by atomic mass is 9.79. The minimum absolute atomic E-state index is 0.0610. The number of aromatic hydroxyl groups is 1. The van der Waals surface area contributed by atoms with E-state index in [1.807, 2.05) is 24.3 Å². The lowest BCUT2D eigenvalue weighted by Gasteiger charge is -2.49. The Bertz CT molecular complexity index is 982. The SMILES string of the molecule is COC1=CCNc2cc(-c3ccc(N(C)C4CC(C)(C)NC(C)(C)C4)nn3)c(O)cc21. The fourth-order valence-corrected chi connectivity index (χ4v) is 5.09. The Morgan fingerprint density at radius 3 is 2.39 bits per heavy atom. The number of piperidine rings is 1. The Kier molecular flexibility index (Phi) is 5.33. The van der Waals surface area contributed by atoms with E-state index in [4.69, 9.17) is 4.74 Å². The highest BCUT2D eigenvalue weighted by molar-refractivity contribution is 5.83. The second-order valence-electron chi connectivity index (χ2n) is 9.91. The minimum atomic E-state index is 0.0610. The van der Waals surface area contributed by atoms with Crippen LogP contribution in [0.4, 0.5) is 11.5 Å². The van der Waals surface area contributed by atoms with Crippen molar-refractivity contribution in [2.45, 2.75) is 57.7 Å². The summed E-state index contributed by atoms with van der Waals surface area (Å²) in [4.78, 5) is 2.23. The van der Waals surface area contributed by atoms with Crippen molar-refractivity contribution in [1.29, 1.82) is 0 Å². The molecular weight excluding hydrogens is 390 g/mol. The first-order chi connectivity index (χ1) is 14.6. The molecule has 2 aromatic rings. The van der Waals surface area contributed by atoms with Crippen molar-refractivity contribution in [2.24, 2.45) is 0 Å². The fraction of sp³-hybridized carbons (Fsp3) is 0.500. The number of rotatable bonds is 4. The second-order valence-corrected chi connectivity index (χ2v) is 9.91. The van der Waals surface area contributed by atoms with Crippen LogP contribution in [0.1, 0.15) is 46.1 Å². The predicted molar refractivity (Wildman–Crippen MR) is 125 cm³/mol. The summed E-state index contributed by atoms with van der Waals surface area (Å²) in [7, 11) is 3.72. The number of ether oxygens (including phenoxy) is 1. The summed E-state index contributed by atoms with van der Waals surface area (Å²) >= 11 is 0. The molecule has 1 saturated heterocycles. The number of phenols is 1. The molecule has 1 aromatic carbocycles. The molecule has 1 fully saturated rings. The van der Waals surface area contributed by atoms with Gasteiger partial charge in [-0.2, -0.15) is 0 Å². The summed E-state index contributed by atoms with van der Waals surface area (Å²) in [5, 5.41) is 26.6. The van der Waals surface area contributed by atoms with E-state index in [9.17, 15) is 5.11 Å². The molecule has 0 radical (unpaired) electrons. The van der Waals surface area contributed by atoms with Crippen molar-refractivity contribution >= 4 is 17.3 Å². The van der Waals surface area contributed by atoms with Crippen molar-refractivity contribution in [1.82, 2.24) is 15.5 Å². The zero-order chi connectivity index (χ0) is 22.4. The van der Waals surface area contributed by atoms with Gasteiger partial charge < -0.3 is 25.4 Å². The van der Waals surface area contributed by atoms with Gasteiger partial charge in [0, 0.05) is 47.5 Å². The van der Waals surface area contributed by atoms with E-state index < -0.39 is 0 Å². The van der Waals surface area contributed by atoms with Crippen molar-refractivity contribution in [3.05, 3.63) is 35.9 Å². The highest BCUT2D eigenvalue weighted by Crippen LogP contribution is 2.38. The Morgan fingerprint density at radius 2 is 1.77 bits per heavy atom. The summed E-state index contributed by atoms with van der Waals surface area (Å²) in [5.41, 5.74) is 3.16. The number of hydrogen-bond acceptors (Lipinski definition) is 7. The third kappa shape index (κ3) is 4.32. The van der Waals surface area contributed by atoms with E-state index in [0.717, 1.165) is 35.7 Å². The maximum absolute atomic E-state index is 10.6. The van der Waals surface area contributed by atoms with Crippen molar-refractivity contribution < 1.29 is 9.84 Å². The third-order valence-corrected chi connectivity index (χ3v) is 6.21. The van der Waals surface area contributed by atoms with Crippen LogP contribution >= 0.6 is 0 Å². The number of methoxy groups -OCH3 is 1. The van der Waals surface area contributed by atoms with Crippen LogP contribution in [-0.4, -0.2) is 53.1 Å². The lowest BCUT2D eigenvalue weighted by molar-refractivity contribution is 0.160. The van der Waals surface area contributed by atoms with Crippen LogP contribution < -0.4 is 15.5 Å². The average Bonchev–Trinajstić information content (AvgIpc) is 2.70. The number of anilines is 2. The van der Waals surface area contributed by atoms with E-state index in [1.165, 1.54) is 0 Å². The number of nitrogens with zero attached hydrogens (tertiary/aromatic N) is 3. The zero-order valence-electron chi connectivity index (χ0n) is 19.3. The molecule has 7 nitrogen and oxygen atoms in total. The number of fused-ring (bicyclic) bond motifs is 1. The van der Waals surface area contributed by atoms with Crippen molar-refractivity contribution in [3.8, 4) is 17.0 Å². The first kappa shape index (κ1) is 21.4. The molecule has 0 bridgehead atoms. The molecule has 166 valence electrons. The van der Waals surface area contributed by atoms with Crippen LogP contribution in [0.2, 0.25) is 0 Å². The van der Waals surface area contributed by atoms with E-state index in [0.29, 0.717) is 23.8 Å². The van der Waals surface area contributed by atoms with Crippen LogP contribution in [0.15, 0.2) is 30.3 Å². The zero-order valence-corrected chi connectivity index (χ0v) is 19.3. The topological polar surface area (TPSA) is 82.5 Å². The molecule has 31 heavy (non-hydrogen) atoms. The largest absolute Gasteiger partial charge is 0.507 e. The van der Waals surface area contributed by atoms with Gasteiger partial charge in [0.25, 0.3) is 0 Å². The minimum Gasteiger partial charge on any atom is -0.507 e. The standard InChI is InChI=1S/C24H33N5O2/c1-23(2)13-15(14-24(3,4)28-23)29(5)22-8-7-18(26-27-22)16-11-19-17(12-20(16)30)21(31-6)9-10-25-19/h7-9,11-12,15,25,28,30H,10,13-14H2,1-6H3. The van der Waals surface area contributed by atoms with Crippen LogP contribution in [-0.2, 0) is 4.74 Å². The van der Waals surface area contributed by atoms with E-state index in [-0.39, 0.29) is 16.8 Å². The summed E-state index contributed by atoms with van der Waals surface area (Å²) in [6.07, 6.45) is 4.02. The van der Waals surface area contributed by atoms with Gasteiger partial charge >= 0.3 is 0 Å². The molecule has 0 atom stereocenters. The van der Waals surface area contributed by atoms with Crippen molar-refractivity contribution in [2.75, 3.05) is 30.9 Å². The first-order valence-electron chi connectivity index (χ1n) is 10.8. The highest BCUT2D eigenvalue weighted by Gasteiger charge is 2.39. The molecule has 2 aliphatic heterocycles. The molecule has 7 heteroatoms. The summed E-state index contributed by atoms with van der Waals surface area (Å²) < 4.78 is 5.42. The average molecular weight is 424 g/mol.